The van der Waals surface area contributed by atoms with Crippen molar-refractivity contribution in [3.63, 3.8) is 0 Å². The Balaban J connectivity index is 3.29. The van der Waals surface area contributed by atoms with Crippen LogP contribution >= 0.6 is 0 Å². The molecule has 0 aromatic heterocycles. The molecule has 0 saturated heterocycles. The summed E-state index contributed by atoms with van der Waals surface area (Å²) < 4.78 is 27.1. The highest BCUT2D eigenvalue weighted by atomic mass is 32.2. The third-order valence-electron chi connectivity index (χ3n) is 2.69. The van der Waals surface area contributed by atoms with Gasteiger partial charge in [-0.05, 0) is 25.5 Å². The maximum absolute atomic E-state index is 12.3. The molecule has 18 heavy (non-hydrogen) atoms. The predicted molar refractivity (Wildman–Crippen MR) is 74.9 cm³/mol. The molecule has 102 valence electrons. The van der Waals surface area contributed by atoms with Crippen LogP contribution in [0.25, 0.3) is 0 Å². The molecule has 1 aromatic carbocycles. The van der Waals surface area contributed by atoms with Crippen molar-refractivity contribution >= 4 is 15.9 Å². The summed E-state index contributed by atoms with van der Waals surface area (Å²) >= 11 is 0. The van der Waals surface area contributed by atoms with Gasteiger partial charge >= 0.3 is 10.2 Å². The Kier molecular flexibility index (Phi) is 4.72. The highest BCUT2D eigenvalue weighted by molar-refractivity contribution is 7.90. The van der Waals surface area contributed by atoms with E-state index in [4.69, 9.17) is 5.73 Å². The van der Waals surface area contributed by atoms with Crippen molar-refractivity contribution in [1.29, 1.82) is 0 Å². The van der Waals surface area contributed by atoms with Gasteiger partial charge in [0, 0.05) is 27.2 Å². The zero-order chi connectivity index (χ0) is 13.9. The molecule has 0 aliphatic rings. The second-order valence-electron chi connectivity index (χ2n) is 4.44. The van der Waals surface area contributed by atoms with Crippen LogP contribution in [-0.4, -0.2) is 39.9 Å². The Labute approximate surface area is 109 Å². The number of hydrogen-bond acceptors (Lipinski definition) is 3. The van der Waals surface area contributed by atoms with Gasteiger partial charge < -0.3 is 5.73 Å². The zero-order valence-electron chi connectivity index (χ0n) is 11.3. The van der Waals surface area contributed by atoms with Crippen LogP contribution in [0.4, 0.5) is 5.69 Å². The van der Waals surface area contributed by atoms with Gasteiger partial charge in [-0.25, -0.2) is 0 Å². The molecule has 0 radical (unpaired) electrons. The summed E-state index contributed by atoms with van der Waals surface area (Å²) in [5, 5.41) is 0. The molecule has 1 aromatic rings. The minimum atomic E-state index is -3.50. The van der Waals surface area contributed by atoms with Gasteiger partial charge in [0.1, 0.15) is 0 Å². The van der Waals surface area contributed by atoms with Gasteiger partial charge in [0.2, 0.25) is 0 Å². The summed E-state index contributed by atoms with van der Waals surface area (Å²) in [7, 11) is -0.470. The number of nitrogens with zero attached hydrogens (tertiary/aromatic N) is 2. The summed E-state index contributed by atoms with van der Waals surface area (Å²) in [6.07, 6.45) is 0. The van der Waals surface area contributed by atoms with Crippen molar-refractivity contribution in [2.75, 3.05) is 31.5 Å². The third-order valence-corrected chi connectivity index (χ3v) is 4.55. The quantitative estimate of drug-likeness (QED) is 0.864. The number of nitrogens with two attached hydrogens (primary N) is 1. The van der Waals surface area contributed by atoms with Crippen LogP contribution in [0.3, 0.4) is 0 Å². The number of benzene rings is 1. The van der Waals surface area contributed by atoms with Gasteiger partial charge in [-0.1, -0.05) is 17.7 Å². The maximum Gasteiger partial charge on any atom is 0.303 e. The lowest BCUT2D eigenvalue weighted by Gasteiger charge is -2.28. The van der Waals surface area contributed by atoms with Crippen LogP contribution < -0.4 is 10.0 Å². The minimum absolute atomic E-state index is 0.268. The standard InChI is InChI=1S/C12H21N3O2S/c1-10-5-6-12(11(2)9-10)15(8-7-13)18(16,17)14(3)4/h5-6,9H,7-8,13H2,1-4H3. The van der Waals surface area contributed by atoms with Crippen molar-refractivity contribution in [3.8, 4) is 0 Å². The van der Waals surface area contributed by atoms with E-state index >= 15 is 0 Å². The van der Waals surface area contributed by atoms with E-state index in [-0.39, 0.29) is 13.1 Å². The average Bonchev–Trinajstić information content (AvgIpc) is 2.26. The Morgan fingerprint density at radius 2 is 1.83 bits per heavy atom. The Morgan fingerprint density at radius 3 is 2.28 bits per heavy atom. The highest BCUT2D eigenvalue weighted by Crippen LogP contribution is 2.24. The second-order valence-corrected chi connectivity index (χ2v) is 6.51. The van der Waals surface area contributed by atoms with Crippen LogP contribution in [-0.2, 0) is 10.2 Å². The monoisotopic (exact) mass is 271 g/mol. The Hall–Kier alpha value is -1.11. The SMILES string of the molecule is Cc1ccc(N(CCN)S(=O)(=O)N(C)C)c(C)c1. The zero-order valence-corrected chi connectivity index (χ0v) is 12.2. The first-order chi connectivity index (χ1) is 8.30. The van der Waals surface area contributed by atoms with Crippen LogP contribution in [0, 0.1) is 13.8 Å². The van der Waals surface area contributed by atoms with Gasteiger partial charge in [0.05, 0.1) is 5.69 Å². The first-order valence-electron chi connectivity index (χ1n) is 5.78. The van der Waals surface area contributed by atoms with E-state index in [0.717, 1.165) is 11.1 Å². The summed E-state index contributed by atoms with van der Waals surface area (Å²) in [6, 6.07) is 5.68. The van der Waals surface area contributed by atoms with Crippen LogP contribution in [0.5, 0.6) is 0 Å². The first-order valence-corrected chi connectivity index (χ1v) is 7.18. The van der Waals surface area contributed by atoms with E-state index in [1.54, 1.807) is 0 Å². The van der Waals surface area contributed by atoms with Crippen molar-refractivity contribution in [3.05, 3.63) is 29.3 Å². The van der Waals surface area contributed by atoms with Gasteiger partial charge in [-0.15, -0.1) is 0 Å². The fourth-order valence-corrected chi connectivity index (χ4v) is 2.94. The smallest absolute Gasteiger partial charge is 0.303 e. The summed E-state index contributed by atoms with van der Waals surface area (Å²) in [5.41, 5.74) is 8.23. The van der Waals surface area contributed by atoms with Crippen molar-refractivity contribution in [2.45, 2.75) is 13.8 Å². The molecule has 0 saturated carbocycles. The molecule has 0 spiro atoms. The normalized spacial score (nSPS) is 11.9. The molecule has 0 fully saturated rings. The van der Waals surface area contributed by atoms with E-state index in [1.165, 1.54) is 22.7 Å². The topological polar surface area (TPSA) is 66.6 Å². The van der Waals surface area contributed by atoms with Crippen LogP contribution in [0.1, 0.15) is 11.1 Å². The van der Waals surface area contributed by atoms with Crippen LogP contribution in [0.15, 0.2) is 18.2 Å². The molecule has 5 nitrogen and oxygen atoms in total. The lowest BCUT2D eigenvalue weighted by Crippen LogP contribution is -2.43. The molecule has 0 amide bonds. The highest BCUT2D eigenvalue weighted by Gasteiger charge is 2.25. The molecule has 1 rings (SSSR count). The van der Waals surface area contributed by atoms with Crippen molar-refractivity contribution < 1.29 is 8.42 Å². The number of anilines is 1. The van der Waals surface area contributed by atoms with Gasteiger partial charge in [0.25, 0.3) is 0 Å². The lowest BCUT2D eigenvalue weighted by atomic mass is 10.1. The fourth-order valence-electron chi connectivity index (χ4n) is 1.76. The second kappa shape index (κ2) is 5.69. The Bertz CT molecular complexity index is 512. The molecule has 0 aliphatic heterocycles. The predicted octanol–water partition coefficient (Wildman–Crippen LogP) is 0.875. The Morgan fingerprint density at radius 1 is 1.22 bits per heavy atom. The summed E-state index contributed by atoms with van der Waals surface area (Å²) in [4.78, 5) is 0. The molecular formula is C12H21N3O2S. The fraction of sp³-hybridized carbons (Fsp3) is 0.500. The van der Waals surface area contributed by atoms with Gasteiger partial charge in [-0.3, -0.25) is 4.31 Å². The molecule has 0 aliphatic carbocycles. The third kappa shape index (κ3) is 3.01. The van der Waals surface area contributed by atoms with Gasteiger partial charge in [0.15, 0.2) is 0 Å². The molecule has 0 heterocycles. The van der Waals surface area contributed by atoms with Gasteiger partial charge in [-0.2, -0.15) is 12.7 Å². The molecular weight excluding hydrogens is 250 g/mol. The molecule has 6 heteroatoms. The van der Waals surface area contributed by atoms with Crippen molar-refractivity contribution in [2.24, 2.45) is 5.73 Å². The van der Waals surface area contributed by atoms with E-state index in [9.17, 15) is 8.42 Å². The maximum atomic E-state index is 12.3. The van der Waals surface area contributed by atoms with Crippen molar-refractivity contribution in [1.82, 2.24) is 4.31 Å². The number of rotatable bonds is 5. The first kappa shape index (κ1) is 14.9. The molecule has 0 unspecified atom stereocenters. The number of hydrogen-bond donors (Lipinski definition) is 1. The molecule has 0 bridgehead atoms. The van der Waals surface area contributed by atoms with E-state index in [1.807, 2.05) is 32.0 Å². The van der Waals surface area contributed by atoms with E-state index in [0.29, 0.717) is 5.69 Å². The number of aryl methyl sites for hydroxylation is 2. The molecule has 0 atom stereocenters. The molecule has 2 N–H and O–H groups in total. The van der Waals surface area contributed by atoms with Crippen LogP contribution in [0.2, 0.25) is 0 Å². The average molecular weight is 271 g/mol. The van der Waals surface area contributed by atoms with E-state index in [2.05, 4.69) is 0 Å². The summed E-state index contributed by atoms with van der Waals surface area (Å²) in [6.45, 7) is 4.42. The lowest BCUT2D eigenvalue weighted by molar-refractivity contribution is 0.515. The van der Waals surface area contributed by atoms with E-state index < -0.39 is 10.2 Å². The largest absolute Gasteiger partial charge is 0.329 e. The minimum Gasteiger partial charge on any atom is -0.329 e. The summed E-state index contributed by atoms with van der Waals surface area (Å²) in [5.74, 6) is 0.